The van der Waals surface area contributed by atoms with Gasteiger partial charge in [-0.15, -0.1) is 0 Å². The summed E-state index contributed by atoms with van der Waals surface area (Å²) in [5.41, 5.74) is 0.538. The third kappa shape index (κ3) is 3.32. The van der Waals surface area contributed by atoms with Crippen molar-refractivity contribution >= 4 is 21.8 Å². The van der Waals surface area contributed by atoms with Crippen molar-refractivity contribution in [3.63, 3.8) is 0 Å². The highest BCUT2D eigenvalue weighted by Gasteiger charge is 2.15. The van der Waals surface area contributed by atoms with Gasteiger partial charge in [0, 0.05) is 11.0 Å². The van der Waals surface area contributed by atoms with Gasteiger partial charge in [-0.05, 0) is 29.8 Å². The SMILES string of the molecule is O=C(NCc1cccc(Br)c1)c1c(O)cccc1F. The van der Waals surface area contributed by atoms with Crippen LogP contribution in [0.2, 0.25) is 0 Å². The third-order valence-corrected chi connectivity index (χ3v) is 3.05. The largest absolute Gasteiger partial charge is 0.507 e. The fourth-order valence-electron chi connectivity index (χ4n) is 1.66. The minimum atomic E-state index is -0.744. The van der Waals surface area contributed by atoms with Gasteiger partial charge in [0.1, 0.15) is 17.1 Å². The zero-order valence-electron chi connectivity index (χ0n) is 9.86. The molecule has 19 heavy (non-hydrogen) atoms. The lowest BCUT2D eigenvalue weighted by atomic mass is 10.1. The van der Waals surface area contributed by atoms with E-state index in [1.165, 1.54) is 12.1 Å². The third-order valence-electron chi connectivity index (χ3n) is 2.56. The normalized spacial score (nSPS) is 10.2. The van der Waals surface area contributed by atoms with Gasteiger partial charge >= 0.3 is 0 Å². The number of phenolic OH excluding ortho intramolecular Hbond substituents is 1. The van der Waals surface area contributed by atoms with Crippen LogP contribution in [-0.4, -0.2) is 11.0 Å². The molecule has 0 aliphatic heterocycles. The molecule has 98 valence electrons. The number of rotatable bonds is 3. The molecule has 0 unspecified atom stereocenters. The van der Waals surface area contributed by atoms with Gasteiger partial charge in [-0.3, -0.25) is 4.79 Å². The second-order valence-corrected chi connectivity index (χ2v) is 4.86. The lowest BCUT2D eigenvalue weighted by Crippen LogP contribution is -2.23. The van der Waals surface area contributed by atoms with Gasteiger partial charge in [0.15, 0.2) is 0 Å². The van der Waals surface area contributed by atoms with E-state index >= 15 is 0 Å². The molecule has 0 fully saturated rings. The van der Waals surface area contributed by atoms with Crippen LogP contribution in [0.4, 0.5) is 4.39 Å². The quantitative estimate of drug-likeness (QED) is 0.911. The smallest absolute Gasteiger partial charge is 0.258 e. The van der Waals surface area contributed by atoms with Crippen molar-refractivity contribution in [3.8, 4) is 5.75 Å². The van der Waals surface area contributed by atoms with Crippen LogP contribution in [0.1, 0.15) is 15.9 Å². The molecule has 0 heterocycles. The summed E-state index contributed by atoms with van der Waals surface area (Å²) in [6, 6.07) is 11.1. The topological polar surface area (TPSA) is 49.3 Å². The Hall–Kier alpha value is -1.88. The number of carbonyl (C=O) groups excluding carboxylic acids is 1. The number of benzene rings is 2. The van der Waals surface area contributed by atoms with Crippen molar-refractivity contribution in [2.75, 3.05) is 0 Å². The van der Waals surface area contributed by atoms with Gasteiger partial charge in [-0.2, -0.15) is 0 Å². The van der Waals surface area contributed by atoms with Gasteiger partial charge < -0.3 is 10.4 Å². The molecule has 0 bridgehead atoms. The Morgan fingerprint density at radius 3 is 2.68 bits per heavy atom. The highest BCUT2D eigenvalue weighted by molar-refractivity contribution is 9.10. The fraction of sp³-hybridized carbons (Fsp3) is 0.0714. The lowest BCUT2D eigenvalue weighted by molar-refractivity contribution is 0.0944. The summed E-state index contributed by atoms with van der Waals surface area (Å²) in [7, 11) is 0. The summed E-state index contributed by atoms with van der Waals surface area (Å²) in [6.45, 7) is 0.256. The van der Waals surface area contributed by atoms with Crippen LogP contribution in [0.5, 0.6) is 5.75 Å². The molecule has 2 aromatic carbocycles. The number of nitrogens with one attached hydrogen (secondary N) is 1. The van der Waals surface area contributed by atoms with Crippen molar-refractivity contribution in [3.05, 3.63) is 63.9 Å². The summed E-state index contributed by atoms with van der Waals surface area (Å²) in [5.74, 6) is -1.76. The Morgan fingerprint density at radius 1 is 1.26 bits per heavy atom. The van der Waals surface area contributed by atoms with Gasteiger partial charge in [0.2, 0.25) is 0 Å². The molecule has 0 aliphatic carbocycles. The molecule has 0 aromatic heterocycles. The van der Waals surface area contributed by atoms with E-state index in [2.05, 4.69) is 21.2 Å². The molecular weight excluding hydrogens is 313 g/mol. The predicted molar refractivity (Wildman–Crippen MR) is 73.4 cm³/mol. The zero-order valence-corrected chi connectivity index (χ0v) is 11.4. The van der Waals surface area contributed by atoms with Crippen LogP contribution < -0.4 is 5.32 Å². The lowest BCUT2D eigenvalue weighted by Gasteiger charge is -2.08. The van der Waals surface area contributed by atoms with Gasteiger partial charge in [-0.1, -0.05) is 34.1 Å². The van der Waals surface area contributed by atoms with Crippen LogP contribution >= 0.6 is 15.9 Å². The monoisotopic (exact) mass is 323 g/mol. The molecule has 2 aromatic rings. The van der Waals surface area contributed by atoms with E-state index < -0.39 is 11.7 Å². The first kappa shape index (κ1) is 13.5. The van der Waals surface area contributed by atoms with E-state index in [-0.39, 0.29) is 17.9 Å². The summed E-state index contributed by atoms with van der Waals surface area (Å²) in [4.78, 5) is 11.8. The molecule has 0 radical (unpaired) electrons. The second kappa shape index (κ2) is 5.84. The Morgan fingerprint density at radius 2 is 2.00 bits per heavy atom. The average molecular weight is 324 g/mol. The Labute approximate surface area is 118 Å². The van der Waals surface area contributed by atoms with E-state index in [0.29, 0.717) is 0 Å². The molecule has 0 atom stereocenters. The molecule has 0 saturated heterocycles. The molecular formula is C14H11BrFNO2. The van der Waals surface area contributed by atoms with E-state index in [4.69, 9.17) is 0 Å². The standard InChI is InChI=1S/C14H11BrFNO2/c15-10-4-1-3-9(7-10)8-17-14(19)13-11(16)5-2-6-12(13)18/h1-7,18H,8H2,(H,17,19). The first-order chi connectivity index (χ1) is 9.08. The van der Waals surface area contributed by atoms with Gasteiger partial charge in [0.05, 0.1) is 0 Å². The molecule has 0 aliphatic rings. The van der Waals surface area contributed by atoms with E-state index in [1.807, 2.05) is 24.3 Å². The Bertz CT molecular complexity index is 596. The van der Waals surface area contributed by atoms with Crippen molar-refractivity contribution in [1.29, 1.82) is 0 Å². The molecule has 1 amide bonds. The van der Waals surface area contributed by atoms with Crippen LogP contribution in [0.15, 0.2) is 46.9 Å². The predicted octanol–water partition coefficient (Wildman–Crippen LogP) is 3.22. The molecule has 5 heteroatoms. The first-order valence-electron chi connectivity index (χ1n) is 5.58. The number of aromatic hydroxyl groups is 1. The highest BCUT2D eigenvalue weighted by Crippen LogP contribution is 2.19. The summed E-state index contributed by atoms with van der Waals surface area (Å²) in [6.07, 6.45) is 0. The molecule has 0 saturated carbocycles. The molecule has 2 rings (SSSR count). The van der Waals surface area contributed by atoms with Crippen LogP contribution in [0.3, 0.4) is 0 Å². The fourth-order valence-corrected chi connectivity index (χ4v) is 2.10. The molecule has 2 N–H and O–H groups in total. The Kier molecular flexibility index (Phi) is 4.16. The van der Waals surface area contributed by atoms with Crippen molar-refractivity contribution in [2.24, 2.45) is 0 Å². The average Bonchev–Trinajstić information content (AvgIpc) is 2.36. The van der Waals surface area contributed by atoms with Gasteiger partial charge in [0.25, 0.3) is 5.91 Å². The van der Waals surface area contributed by atoms with Crippen LogP contribution in [0.25, 0.3) is 0 Å². The maximum atomic E-state index is 13.5. The molecule has 0 spiro atoms. The van der Waals surface area contributed by atoms with Gasteiger partial charge in [-0.25, -0.2) is 4.39 Å². The summed E-state index contributed by atoms with van der Waals surface area (Å²) < 4.78 is 14.4. The first-order valence-corrected chi connectivity index (χ1v) is 6.37. The number of phenols is 1. The number of hydrogen-bond donors (Lipinski definition) is 2. The number of carbonyl (C=O) groups is 1. The second-order valence-electron chi connectivity index (χ2n) is 3.95. The number of halogens is 2. The minimum Gasteiger partial charge on any atom is -0.507 e. The number of amides is 1. The maximum absolute atomic E-state index is 13.5. The molecule has 3 nitrogen and oxygen atoms in total. The van der Waals surface area contributed by atoms with Crippen LogP contribution in [-0.2, 0) is 6.54 Å². The summed E-state index contributed by atoms with van der Waals surface area (Å²) >= 11 is 3.32. The van der Waals surface area contributed by atoms with Crippen molar-refractivity contribution in [1.82, 2.24) is 5.32 Å². The van der Waals surface area contributed by atoms with Crippen LogP contribution in [0, 0.1) is 5.82 Å². The number of hydrogen-bond acceptors (Lipinski definition) is 2. The van der Waals surface area contributed by atoms with E-state index in [1.54, 1.807) is 0 Å². The van der Waals surface area contributed by atoms with E-state index in [9.17, 15) is 14.3 Å². The summed E-state index contributed by atoms with van der Waals surface area (Å²) in [5, 5.41) is 12.1. The van der Waals surface area contributed by atoms with Crippen molar-refractivity contribution in [2.45, 2.75) is 6.54 Å². The minimum absolute atomic E-state index is 0.256. The zero-order chi connectivity index (χ0) is 13.8. The maximum Gasteiger partial charge on any atom is 0.258 e. The Balaban J connectivity index is 2.10. The van der Waals surface area contributed by atoms with E-state index in [0.717, 1.165) is 16.1 Å². The van der Waals surface area contributed by atoms with Crippen molar-refractivity contribution < 1.29 is 14.3 Å². The highest BCUT2D eigenvalue weighted by atomic mass is 79.9.